The Balaban J connectivity index is 1.97. The second kappa shape index (κ2) is 7.92. The molecule has 2 aromatic rings. The van der Waals surface area contributed by atoms with Gasteiger partial charge in [0.2, 0.25) is 9.84 Å². The third-order valence-electron chi connectivity index (χ3n) is 3.13. The molecule has 12 heteroatoms. The van der Waals surface area contributed by atoms with Gasteiger partial charge < -0.3 is 0 Å². The fourth-order valence-corrected chi connectivity index (χ4v) is 2.99. The zero-order chi connectivity index (χ0) is 20.2. The van der Waals surface area contributed by atoms with Crippen LogP contribution < -0.4 is 10.9 Å². The number of amides is 2. The van der Waals surface area contributed by atoms with Gasteiger partial charge in [-0.05, 0) is 36.4 Å². The first-order valence-electron chi connectivity index (χ1n) is 7.10. The molecule has 0 aliphatic rings. The lowest BCUT2D eigenvalue weighted by atomic mass is 10.2. The number of nitrogens with zero attached hydrogens (tertiary/aromatic N) is 1. The third kappa shape index (κ3) is 5.66. The van der Waals surface area contributed by atoms with Crippen molar-refractivity contribution in [3.63, 3.8) is 0 Å². The molecule has 0 aliphatic carbocycles. The van der Waals surface area contributed by atoms with E-state index in [0.717, 1.165) is 0 Å². The number of benzene rings is 1. The molecule has 144 valence electrons. The van der Waals surface area contributed by atoms with E-state index in [2.05, 4.69) is 4.98 Å². The number of sulfone groups is 1. The lowest BCUT2D eigenvalue weighted by Gasteiger charge is -2.09. The molecular weight excluding hydrogens is 411 g/mol. The van der Waals surface area contributed by atoms with Crippen molar-refractivity contribution < 1.29 is 31.2 Å². The minimum atomic E-state index is -4.67. The van der Waals surface area contributed by atoms with Crippen LogP contribution in [0.1, 0.15) is 15.9 Å². The summed E-state index contributed by atoms with van der Waals surface area (Å²) in [5.74, 6) is -2.93. The number of pyridine rings is 1. The molecule has 0 aliphatic heterocycles. The Morgan fingerprint density at radius 1 is 1.04 bits per heavy atom. The van der Waals surface area contributed by atoms with Crippen LogP contribution in [0.3, 0.4) is 0 Å². The molecule has 1 aromatic heterocycles. The lowest BCUT2D eigenvalue weighted by Crippen LogP contribution is -2.44. The molecule has 2 rings (SSSR count). The standard InChI is InChI=1S/C15H11ClF3N3O4S/c16-11-4-1-9(2-5-11)14(24)22-21-12(23)8-27(25,26)13-6-3-10(7-20-13)15(17,18)19/h1-7H,8H2,(H,21,23)(H,22,24). The van der Waals surface area contributed by atoms with Crippen LogP contribution >= 0.6 is 11.6 Å². The van der Waals surface area contributed by atoms with Gasteiger partial charge in [0.1, 0.15) is 5.75 Å². The molecule has 27 heavy (non-hydrogen) atoms. The van der Waals surface area contributed by atoms with Crippen LogP contribution in [-0.4, -0.2) is 31.0 Å². The fraction of sp³-hybridized carbons (Fsp3) is 0.133. The van der Waals surface area contributed by atoms with Crippen molar-refractivity contribution in [1.82, 2.24) is 15.8 Å². The van der Waals surface area contributed by atoms with Gasteiger partial charge in [-0.25, -0.2) is 13.4 Å². The van der Waals surface area contributed by atoms with Crippen LogP contribution in [0.5, 0.6) is 0 Å². The molecule has 2 amide bonds. The van der Waals surface area contributed by atoms with Gasteiger partial charge >= 0.3 is 6.18 Å². The minimum absolute atomic E-state index is 0.159. The Morgan fingerprint density at radius 2 is 1.67 bits per heavy atom. The molecular formula is C15H11ClF3N3O4S. The first-order valence-corrected chi connectivity index (χ1v) is 9.13. The number of halogens is 4. The first kappa shape index (κ1) is 20.6. The molecule has 1 aromatic carbocycles. The summed E-state index contributed by atoms with van der Waals surface area (Å²) >= 11 is 5.67. The van der Waals surface area contributed by atoms with Gasteiger partial charge in [0.25, 0.3) is 11.8 Å². The predicted molar refractivity (Wildman–Crippen MR) is 88.4 cm³/mol. The highest BCUT2D eigenvalue weighted by Gasteiger charge is 2.31. The number of rotatable bonds is 4. The number of hydrogen-bond donors (Lipinski definition) is 2. The van der Waals surface area contributed by atoms with E-state index in [0.29, 0.717) is 23.4 Å². The fourth-order valence-electron chi connectivity index (χ4n) is 1.81. The zero-order valence-electron chi connectivity index (χ0n) is 13.2. The SMILES string of the molecule is O=C(CS(=O)(=O)c1ccc(C(F)(F)F)cn1)NNC(=O)c1ccc(Cl)cc1. The van der Waals surface area contributed by atoms with E-state index in [-0.39, 0.29) is 5.56 Å². The number of carbonyl (C=O) groups excluding carboxylic acids is 2. The van der Waals surface area contributed by atoms with Gasteiger partial charge in [-0.2, -0.15) is 13.2 Å². The number of hydrazine groups is 1. The van der Waals surface area contributed by atoms with Crippen molar-refractivity contribution in [1.29, 1.82) is 0 Å². The summed E-state index contributed by atoms with van der Waals surface area (Å²) in [7, 11) is -4.30. The Morgan fingerprint density at radius 3 is 2.19 bits per heavy atom. The Kier molecular flexibility index (Phi) is 6.06. The first-order chi connectivity index (χ1) is 12.5. The largest absolute Gasteiger partial charge is 0.417 e. The molecule has 0 radical (unpaired) electrons. The van der Waals surface area contributed by atoms with Gasteiger partial charge in [-0.3, -0.25) is 20.4 Å². The summed E-state index contributed by atoms with van der Waals surface area (Å²) in [5.41, 5.74) is 2.94. The Bertz CT molecular complexity index is 946. The number of carbonyl (C=O) groups is 2. The van der Waals surface area contributed by atoms with Crippen molar-refractivity contribution in [2.75, 3.05) is 5.75 Å². The molecule has 0 spiro atoms. The van der Waals surface area contributed by atoms with Crippen molar-refractivity contribution in [2.24, 2.45) is 0 Å². The summed E-state index contributed by atoms with van der Waals surface area (Å²) in [6.45, 7) is 0. The lowest BCUT2D eigenvalue weighted by molar-refractivity contribution is -0.137. The van der Waals surface area contributed by atoms with Gasteiger partial charge in [0.05, 0.1) is 5.56 Å². The molecule has 2 N–H and O–H groups in total. The van der Waals surface area contributed by atoms with Crippen LogP contribution in [0, 0.1) is 0 Å². The van der Waals surface area contributed by atoms with E-state index in [4.69, 9.17) is 11.6 Å². The van der Waals surface area contributed by atoms with Crippen molar-refractivity contribution >= 4 is 33.3 Å². The third-order valence-corrected chi connectivity index (χ3v) is 4.90. The van der Waals surface area contributed by atoms with Crippen LogP contribution in [0.4, 0.5) is 13.2 Å². The number of alkyl halides is 3. The summed E-state index contributed by atoms with van der Waals surface area (Å²) in [6, 6.07) is 6.84. The van der Waals surface area contributed by atoms with Crippen LogP contribution in [-0.2, 0) is 20.8 Å². The van der Waals surface area contributed by atoms with Crippen LogP contribution in [0.2, 0.25) is 5.02 Å². The summed E-state index contributed by atoms with van der Waals surface area (Å²) < 4.78 is 61.4. The quantitative estimate of drug-likeness (QED) is 0.734. The van der Waals surface area contributed by atoms with Crippen molar-refractivity contribution in [2.45, 2.75) is 11.2 Å². The summed E-state index contributed by atoms with van der Waals surface area (Å²) in [4.78, 5) is 26.7. The highest BCUT2D eigenvalue weighted by molar-refractivity contribution is 7.92. The topological polar surface area (TPSA) is 105 Å². The maximum atomic E-state index is 12.5. The molecule has 0 fully saturated rings. The second-order valence-electron chi connectivity index (χ2n) is 5.15. The van der Waals surface area contributed by atoms with Crippen molar-refractivity contribution in [3.05, 3.63) is 58.7 Å². The maximum Gasteiger partial charge on any atom is 0.417 e. The van der Waals surface area contributed by atoms with Gasteiger partial charge in [0, 0.05) is 16.8 Å². The van der Waals surface area contributed by atoms with Gasteiger partial charge in [-0.1, -0.05) is 11.6 Å². The van der Waals surface area contributed by atoms with Crippen LogP contribution in [0.15, 0.2) is 47.6 Å². The number of nitrogens with one attached hydrogen (secondary N) is 2. The molecule has 0 saturated heterocycles. The highest BCUT2D eigenvalue weighted by atomic mass is 35.5. The van der Waals surface area contributed by atoms with E-state index >= 15 is 0 Å². The molecule has 0 saturated carbocycles. The van der Waals surface area contributed by atoms with Crippen LogP contribution in [0.25, 0.3) is 0 Å². The van der Waals surface area contributed by atoms with Crippen molar-refractivity contribution in [3.8, 4) is 0 Å². The monoisotopic (exact) mass is 421 g/mol. The average molecular weight is 422 g/mol. The molecule has 0 atom stereocenters. The van der Waals surface area contributed by atoms with E-state index in [1.54, 1.807) is 0 Å². The van der Waals surface area contributed by atoms with Gasteiger partial charge in [-0.15, -0.1) is 0 Å². The molecule has 0 bridgehead atoms. The predicted octanol–water partition coefficient (Wildman–Crippen LogP) is 1.99. The molecule has 0 unspecified atom stereocenters. The summed E-state index contributed by atoms with van der Waals surface area (Å²) in [6.07, 6.45) is -4.31. The Labute approximate surface area is 156 Å². The molecule has 7 nitrogen and oxygen atoms in total. The van der Waals surface area contributed by atoms with E-state index in [9.17, 15) is 31.2 Å². The maximum absolute atomic E-state index is 12.5. The summed E-state index contributed by atoms with van der Waals surface area (Å²) in [5, 5.41) is -0.305. The van der Waals surface area contributed by atoms with E-state index < -0.39 is 44.2 Å². The minimum Gasteiger partial charge on any atom is -0.272 e. The van der Waals surface area contributed by atoms with E-state index in [1.807, 2.05) is 10.9 Å². The second-order valence-corrected chi connectivity index (χ2v) is 7.52. The Hall–Kier alpha value is -2.66. The number of aromatic nitrogens is 1. The van der Waals surface area contributed by atoms with Gasteiger partial charge in [0.15, 0.2) is 5.03 Å². The average Bonchev–Trinajstić information content (AvgIpc) is 2.59. The van der Waals surface area contributed by atoms with E-state index in [1.165, 1.54) is 24.3 Å². The smallest absolute Gasteiger partial charge is 0.272 e. The molecule has 1 heterocycles. The normalized spacial score (nSPS) is 11.7. The zero-order valence-corrected chi connectivity index (χ0v) is 14.8. The highest BCUT2D eigenvalue weighted by Crippen LogP contribution is 2.28. The number of hydrogen-bond acceptors (Lipinski definition) is 5.